The Kier molecular flexibility index (Phi) is 3.63. The van der Waals surface area contributed by atoms with Gasteiger partial charge in [-0.3, -0.25) is 9.59 Å². The van der Waals surface area contributed by atoms with Crippen molar-refractivity contribution in [2.24, 2.45) is 0 Å². The number of rotatable bonds is 3. The molecular formula is C20H14N2O3. The Bertz CT molecular complexity index is 1180. The fourth-order valence-corrected chi connectivity index (χ4v) is 2.88. The fraction of sp³-hybridized carbons (Fsp3) is 0.0500. The lowest BCUT2D eigenvalue weighted by Gasteiger charge is -2.06. The average molecular weight is 330 g/mol. The minimum atomic E-state index is -0.577. The fourth-order valence-electron chi connectivity index (χ4n) is 2.88. The number of ketones is 1. The molecule has 1 heterocycles. The van der Waals surface area contributed by atoms with Crippen molar-refractivity contribution in [3.8, 4) is 11.4 Å². The summed E-state index contributed by atoms with van der Waals surface area (Å²) in [6.07, 6.45) is 0. The van der Waals surface area contributed by atoms with Crippen molar-refractivity contribution in [2.45, 2.75) is 0 Å². The van der Waals surface area contributed by atoms with Crippen LogP contribution < -0.4 is 5.56 Å². The quantitative estimate of drug-likeness (QED) is 0.566. The van der Waals surface area contributed by atoms with E-state index in [1.165, 1.54) is 12.1 Å². The van der Waals surface area contributed by atoms with Crippen molar-refractivity contribution in [3.05, 3.63) is 76.6 Å². The lowest BCUT2D eigenvalue weighted by Crippen LogP contribution is -2.11. The molecule has 0 unspecified atom stereocenters. The lowest BCUT2D eigenvalue weighted by atomic mass is 10.1. The van der Waals surface area contributed by atoms with Crippen LogP contribution in [0.3, 0.4) is 0 Å². The molecule has 25 heavy (non-hydrogen) atoms. The molecule has 0 bridgehead atoms. The molecular weight excluding hydrogens is 316 g/mol. The Morgan fingerprint density at radius 3 is 2.60 bits per heavy atom. The van der Waals surface area contributed by atoms with Gasteiger partial charge < -0.3 is 10.1 Å². The summed E-state index contributed by atoms with van der Waals surface area (Å²) in [5.41, 5.74) is 1.27. The van der Waals surface area contributed by atoms with E-state index in [1.807, 2.05) is 42.5 Å². The van der Waals surface area contributed by atoms with Crippen molar-refractivity contribution < 1.29 is 9.90 Å². The van der Waals surface area contributed by atoms with Gasteiger partial charge in [-0.2, -0.15) is 0 Å². The third-order valence-corrected chi connectivity index (χ3v) is 4.20. The minimum absolute atomic E-state index is 0.267. The van der Waals surface area contributed by atoms with Gasteiger partial charge in [-0.15, -0.1) is 0 Å². The Labute approximate surface area is 142 Å². The number of hydrogen-bond acceptors (Lipinski definition) is 4. The second-order valence-electron chi connectivity index (χ2n) is 5.79. The molecule has 4 rings (SSSR count). The number of fused-ring (bicyclic) bond motifs is 2. The molecule has 2 N–H and O–H groups in total. The maximum atomic E-state index is 12.4. The van der Waals surface area contributed by atoms with Gasteiger partial charge >= 0.3 is 0 Å². The number of nitrogens with zero attached hydrogens (tertiary/aromatic N) is 1. The number of aliphatic hydroxyl groups excluding tert-OH is 1. The van der Waals surface area contributed by atoms with Gasteiger partial charge in [0.2, 0.25) is 0 Å². The van der Waals surface area contributed by atoms with Gasteiger partial charge in [-0.1, -0.05) is 42.5 Å². The molecule has 0 amide bonds. The number of aliphatic hydroxyl groups is 1. The molecule has 0 radical (unpaired) electrons. The highest BCUT2D eigenvalue weighted by Crippen LogP contribution is 2.22. The molecule has 0 aliphatic heterocycles. The molecule has 0 spiro atoms. The van der Waals surface area contributed by atoms with E-state index >= 15 is 0 Å². The van der Waals surface area contributed by atoms with Gasteiger partial charge in [0, 0.05) is 11.1 Å². The van der Waals surface area contributed by atoms with Crippen LogP contribution >= 0.6 is 0 Å². The second kappa shape index (κ2) is 5.96. The van der Waals surface area contributed by atoms with Gasteiger partial charge in [0.25, 0.3) is 5.56 Å². The first kappa shape index (κ1) is 15.2. The zero-order valence-electron chi connectivity index (χ0n) is 13.2. The highest BCUT2D eigenvalue weighted by molar-refractivity contribution is 6.00. The van der Waals surface area contributed by atoms with Crippen LogP contribution in [0.4, 0.5) is 0 Å². The summed E-state index contributed by atoms with van der Waals surface area (Å²) >= 11 is 0. The van der Waals surface area contributed by atoms with E-state index in [0.29, 0.717) is 22.3 Å². The van der Waals surface area contributed by atoms with Crippen LogP contribution in [0.15, 0.2) is 65.5 Å². The van der Waals surface area contributed by atoms with Crippen molar-refractivity contribution in [1.82, 2.24) is 9.97 Å². The summed E-state index contributed by atoms with van der Waals surface area (Å²) in [6, 6.07) is 18.4. The van der Waals surface area contributed by atoms with Gasteiger partial charge in [0.15, 0.2) is 5.78 Å². The number of Topliss-reactive ketones (excluding diaryl/α,β-unsaturated/α-hetero) is 1. The van der Waals surface area contributed by atoms with Crippen LogP contribution in [0.25, 0.3) is 33.1 Å². The Morgan fingerprint density at radius 1 is 1.00 bits per heavy atom. The predicted octanol–water partition coefficient (Wildman–Crippen LogP) is 2.92. The minimum Gasteiger partial charge on any atom is -0.388 e. The summed E-state index contributed by atoms with van der Waals surface area (Å²) in [5, 5.41) is 11.6. The van der Waals surface area contributed by atoms with Crippen LogP contribution in [0.1, 0.15) is 10.4 Å². The van der Waals surface area contributed by atoms with E-state index in [0.717, 1.165) is 16.3 Å². The highest BCUT2D eigenvalue weighted by Gasteiger charge is 2.10. The third kappa shape index (κ3) is 2.70. The maximum Gasteiger partial charge on any atom is 0.259 e. The van der Waals surface area contributed by atoms with Gasteiger partial charge in [0.1, 0.15) is 12.4 Å². The van der Waals surface area contributed by atoms with Gasteiger partial charge in [0.05, 0.1) is 10.9 Å². The van der Waals surface area contributed by atoms with Crippen molar-refractivity contribution in [2.75, 3.05) is 6.61 Å². The third-order valence-electron chi connectivity index (χ3n) is 4.20. The number of carbonyl (C=O) groups is 1. The molecule has 1 aromatic heterocycles. The monoisotopic (exact) mass is 330 g/mol. The van der Waals surface area contributed by atoms with E-state index in [-0.39, 0.29) is 5.56 Å². The normalized spacial score (nSPS) is 11.1. The molecule has 0 atom stereocenters. The van der Waals surface area contributed by atoms with E-state index in [4.69, 9.17) is 5.11 Å². The first-order valence-electron chi connectivity index (χ1n) is 7.83. The maximum absolute atomic E-state index is 12.4. The molecule has 122 valence electrons. The van der Waals surface area contributed by atoms with E-state index in [2.05, 4.69) is 9.97 Å². The smallest absolute Gasteiger partial charge is 0.259 e. The summed E-state index contributed by atoms with van der Waals surface area (Å²) < 4.78 is 0. The van der Waals surface area contributed by atoms with Crippen LogP contribution in [0.5, 0.6) is 0 Å². The van der Waals surface area contributed by atoms with Crippen molar-refractivity contribution >= 4 is 27.5 Å². The van der Waals surface area contributed by atoms with E-state index in [9.17, 15) is 9.59 Å². The summed E-state index contributed by atoms with van der Waals surface area (Å²) in [5.74, 6) is 0.0353. The van der Waals surface area contributed by atoms with E-state index in [1.54, 1.807) is 6.07 Å². The summed E-state index contributed by atoms with van der Waals surface area (Å²) in [4.78, 5) is 31.3. The number of aromatic nitrogens is 2. The first-order valence-corrected chi connectivity index (χ1v) is 7.83. The molecule has 5 nitrogen and oxygen atoms in total. The number of hydrogen-bond donors (Lipinski definition) is 2. The zero-order valence-corrected chi connectivity index (χ0v) is 13.2. The van der Waals surface area contributed by atoms with Crippen molar-refractivity contribution in [1.29, 1.82) is 0 Å². The van der Waals surface area contributed by atoms with Gasteiger partial charge in [-0.25, -0.2) is 4.98 Å². The second-order valence-corrected chi connectivity index (χ2v) is 5.79. The molecule has 3 aromatic carbocycles. The topological polar surface area (TPSA) is 83.0 Å². The SMILES string of the molecule is O=C(CO)c1ccc2c(=O)[nH]c(-c3ccc4ccccc4c3)nc2c1. The number of H-pyrrole nitrogens is 1. The zero-order chi connectivity index (χ0) is 17.4. The molecule has 0 saturated carbocycles. The largest absolute Gasteiger partial charge is 0.388 e. The standard InChI is InChI=1S/C20H14N2O3/c23-11-18(24)14-7-8-16-17(10-14)21-19(22-20(16)25)15-6-5-12-3-1-2-4-13(12)9-15/h1-10,23H,11H2,(H,21,22,25). The average Bonchev–Trinajstić information content (AvgIpc) is 2.66. The summed E-state index contributed by atoms with van der Waals surface area (Å²) in [7, 11) is 0. The van der Waals surface area contributed by atoms with Crippen LogP contribution in [0, 0.1) is 0 Å². The number of carbonyl (C=O) groups excluding carboxylic acids is 1. The van der Waals surface area contributed by atoms with E-state index < -0.39 is 12.4 Å². The van der Waals surface area contributed by atoms with Crippen LogP contribution in [0.2, 0.25) is 0 Å². The Balaban J connectivity index is 1.91. The lowest BCUT2D eigenvalue weighted by molar-refractivity contribution is 0.0904. The van der Waals surface area contributed by atoms with Crippen LogP contribution in [-0.2, 0) is 0 Å². The Morgan fingerprint density at radius 2 is 1.80 bits per heavy atom. The highest BCUT2D eigenvalue weighted by atomic mass is 16.3. The Hall–Kier alpha value is -3.31. The molecule has 4 aromatic rings. The van der Waals surface area contributed by atoms with Gasteiger partial charge in [-0.05, 0) is 29.0 Å². The summed E-state index contributed by atoms with van der Waals surface area (Å²) in [6.45, 7) is -0.577. The van der Waals surface area contributed by atoms with Crippen molar-refractivity contribution in [3.63, 3.8) is 0 Å². The number of nitrogens with one attached hydrogen (secondary N) is 1. The molecule has 5 heteroatoms. The molecule has 0 aliphatic carbocycles. The predicted molar refractivity (Wildman–Crippen MR) is 96.7 cm³/mol. The molecule has 0 saturated heterocycles. The number of benzene rings is 3. The molecule has 0 fully saturated rings. The van der Waals surface area contributed by atoms with Crippen LogP contribution in [-0.4, -0.2) is 27.5 Å². The molecule has 0 aliphatic rings. The number of aromatic amines is 1. The first-order chi connectivity index (χ1) is 12.2.